The Bertz CT molecular complexity index is 914. The Morgan fingerprint density at radius 3 is 3.04 bits per heavy atom. The average Bonchev–Trinajstić information content (AvgIpc) is 2.60. The summed E-state index contributed by atoms with van der Waals surface area (Å²) < 4.78 is 0. The lowest BCUT2D eigenvalue weighted by Gasteiger charge is -2.47. The van der Waals surface area contributed by atoms with Crippen molar-refractivity contribution in [1.29, 1.82) is 0 Å². The molecule has 1 N–H and O–H groups in total. The molecule has 0 radical (unpaired) electrons. The van der Waals surface area contributed by atoms with Gasteiger partial charge in [-0.2, -0.15) is 0 Å². The van der Waals surface area contributed by atoms with Gasteiger partial charge >= 0.3 is 0 Å². The second kappa shape index (κ2) is 4.76. The maximum absolute atomic E-state index is 5.02. The maximum atomic E-state index is 5.02. The third kappa shape index (κ3) is 1.66. The number of aliphatic imine (C=N–C) groups is 2. The Balaban J connectivity index is 1.91. The van der Waals surface area contributed by atoms with Crippen LogP contribution >= 0.6 is 0 Å². The Hall–Kier alpha value is -2.49. The zero-order valence-corrected chi connectivity index (χ0v) is 14.1. The fraction of sp³-hybridized carbons (Fsp3) is 0.350. The molecule has 0 saturated carbocycles. The van der Waals surface area contributed by atoms with Crippen molar-refractivity contribution in [2.75, 3.05) is 13.1 Å². The van der Waals surface area contributed by atoms with E-state index in [-0.39, 0.29) is 5.41 Å². The Labute approximate surface area is 141 Å². The van der Waals surface area contributed by atoms with E-state index in [1.54, 1.807) is 0 Å². The molecule has 0 bridgehead atoms. The van der Waals surface area contributed by atoms with Gasteiger partial charge in [-0.15, -0.1) is 0 Å². The van der Waals surface area contributed by atoms with Crippen LogP contribution in [0, 0.1) is 12.3 Å². The Morgan fingerprint density at radius 2 is 2.12 bits per heavy atom. The molecule has 4 heteroatoms. The number of allylic oxidation sites excluding steroid dienone is 4. The molecule has 5 rings (SSSR count). The van der Waals surface area contributed by atoms with Crippen LogP contribution in [0.2, 0.25) is 0 Å². The smallest absolute Gasteiger partial charge is 0.0939 e. The number of pyridine rings is 1. The van der Waals surface area contributed by atoms with E-state index >= 15 is 0 Å². The lowest BCUT2D eigenvalue weighted by atomic mass is 9.59. The molecule has 120 valence electrons. The number of rotatable bonds is 0. The summed E-state index contributed by atoms with van der Waals surface area (Å²) in [5.41, 5.74) is 9.41. The van der Waals surface area contributed by atoms with Crippen LogP contribution < -0.4 is 5.32 Å². The first kappa shape index (κ1) is 13.9. The minimum atomic E-state index is -0.125. The summed E-state index contributed by atoms with van der Waals surface area (Å²) in [7, 11) is 0. The molecule has 1 atom stereocenters. The highest BCUT2D eigenvalue weighted by atomic mass is 14.9. The quantitative estimate of drug-likeness (QED) is 0.799. The highest BCUT2D eigenvalue weighted by Gasteiger charge is 2.50. The molecule has 0 aromatic carbocycles. The van der Waals surface area contributed by atoms with Gasteiger partial charge in [0.1, 0.15) is 0 Å². The van der Waals surface area contributed by atoms with Gasteiger partial charge in [-0.05, 0) is 50.0 Å². The van der Waals surface area contributed by atoms with Crippen molar-refractivity contribution >= 4 is 17.5 Å². The van der Waals surface area contributed by atoms with E-state index < -0.39 is 0 Å². The van der Waals surface area contributed by atoms with Crippen LogP contribution in [0.15, 0.2) is 51.2 Å². The van der Waals surface area contributed by atoms with Crippen molar-refractivity contribution in [3.63, 3.8) is 0 Å². The van der Waals surface area contributed by atoms with Gasteiger partial charge in [0.05, 0.1) is 16.8 Å². The van der Waals surface area contributed by atoms with Crippen LogP contribution in [0.1, 0.15) is 36.7 Å². The summed E-state index contributed by atoms with van der Waals surface area (Å²) in [4.78, 5) is 14.5. The molecular formula is C20H20N4. The van der Waals surface area contributed by atoms with Gasteiger partial charge in [-0.25, -0.2) is 0 Å². The molecular weight excluding hydrogens is 296 g/mol. The highest BCUT2D eigenvalue weighted by Crippen LogP contribution is 2.54. The first-order chi connectivity index (χ1) is 11.7. The van der Waals surface area contributed by atoms with Crippen LogP contribution in [0.25, 0.3) is 5.57 Å². The molecule has 4 aliphatic rings. The summed E-state index contributed by atoms with van der Waals surface area (Å²) in [6.07, 6.45) is 8.50. The molecule has 1 unspecified atom stereocenters. The van der Waals surface area contributed by atoms with Crippen LogP contribution in [0.5, 0.6) is 0 Å². The van der Waals surface area contributed by atoms with Crippen LogP contribution in [0.3, 0.4) is 0 Å². The molecule has 1 aromatic rings. The van der Waals surface area contributed by atoms with E-state index in [0.717, 1.165) is 48.7 Å². The Kier molecular flexibility index (Phi) is 2.76. The standard InChI is InChI=1S/C20H20N4/c1-12-3-4-15-16-11-21-7-5-17(16)20-6-8-22-10-14(20)9-13(2)24-19(20)18(15)23-12/h3-4,9-11,22H,5-8H2,1-2H3. The lowest BCUT2D eigenvalue weighted by Crippen LogP contribution is -2.46. The SMILES string of the molecule is CC1=CC2=CNCCC23C(=N1)c1nc(C)ccc1C1=C3CCN=C1. The molecule has 1 aromatic heterocycles. The zero-order valence-electron chi connectivity index (χ0n) is 14.1. The largest absolute Gasteiger partial charge is 0.391 e. The van der Waals surface area contributed by atoms with E-state index in [9.17, 15) is 0 Å². The number of fused-ring (bicyclic) bond motifs is 3. The lowest BCUT2D eigenvalue weighted by molar-refractivity contribution is 0.482. The summed E-state index contributed by atoms with van der Waals surface area (Å²) in [6, 6.07) is 4.28. The monoisotopic (exact) mass is 316 g/mol. The summed E-state index contributed by atoms with van der Waals surface area (Å²) in [5.74, 6) is 0. The van der Waals surface area contributed by atoms with E-state index in [0.29, 0.717) is 0 Å². The second-order valence-electron chi connectivity index (χ2n) is 6.98. The van der Waals surface area contributed by atoms with Crippen LogP contribution in [0.4, 0.5) is 0 Å². The first-order valence-corrected chi connectivity index (χ1v) is 8.63. The van der Waals surface area contributed by atoms with E-state index in [2.05, 4.69) is 54.8 Å². The van der Waals surface area contributed by atoms with Gasteiger partial charge in [-0.3, -0.25) is 15.0 Å². The fourth-order valence-corrected chi connectivity index (χ4v) is 4.56. The normalized spacial score (nSPS) is 27.0. The number of aryl methyl sites for hydroxylation is 1. The third-order valence-electron chi connectivity index (χ3n) is 5.55. The second-order valence-corrected chi connectivity index (χ2v) is 6.98. The van der Waals surface area contributed by atoms with E-state index in [1.807, 2.05) is 0 Å². The predicted molar refractivity (Wildman–Crippen MR) is 97.3 cm³/mol. The minimum absolute atomic E-state index is 0.125. The highest BCUT2D eigenvalue weighted by molar-refractivity contribution is 6.24. The van der Waals surface area contributed by atoms with Gasteiger partial charge in [0, 0.05) is 48.0 Å². The van der Waals surface area contributed by atoms with Crippen LogP contribution in [-0.4, -0.2) is 30.0 Å². The summed E-state index contributed by atoms with van der Waals surface area (Å²) in [5, 5.41) is 3.42. The predicted octanol–water partition coefficient (Wildman–Crippen LogP) is 3.20. The minimum Gasteiger partial charge on any atom is -0.391 e. The van der Waals surface area contributed by atoms with Crippen molar-refractivity contribution in [3.8, 4) is 0 Å². The molecule has 3 aliphatic heterocycles. The first-order valence-electron chi connectivity index (χ1n) is 8.63. The van der Waals surface area contributed by atoms with Gasteiger partial charge in [0.2, 0.25) is 0 Å². The van der Waals surface area contributed by atoms with Crippen molar-refractivity contribution in [2.24, 2.45) is 15.4 Å². The fourth-order valence-electron chi connectivity index (χ4n) is 4.56. The van der Waals surface area contributed by atoms with E-state index in [1.165, 1.54) is 22.3 Å². The number of nitrogens with zero attached hydrogens (tertiary/aromatic N) is 3. The average molecular weight is 316 g/mol. The topological polar surface area (TPSA) is 49.6 Å². The molecule has 0 amide bonds. The number of hydrogen-bond acceptors (Lipinski definition) is 4. The number of hydrogen-bond donors (Lipinski definition) is 1. The summed E-state index contributed by atoms with van der Waals surface area (Å²) >= 11 is 0. The van der Waals surface area contributed by atoms with Gasteiger partial charge in [0.25, 0.3) is 0 Å². The molecule has 24 heavy (non-hydrogen) atoms. The van der Waals surface area contributed by atoms with Crippen molar-refractivity contribution in [1.82, 2.24) is 10.3 Å². The van der Waals surface area contributed by atoms with Gasteiger partial charge in [0.15, 0.2) is 0 Å². The molecule has 1 spiro atoms. The maximum Gasteiger partial charge on any atom is 0.0939 e. The van der Waals surface area contributed by atoms with Crippen molar-refractivity contribution < 1.29 is 0 Å². The molecule has 0 saturated heterocycles. The zero-order chi connectivity index (χ0) is 16.3. The molecule has 1 aliphatic carbocycles. The van der Waals surface area contributed by atoms with Gasteiger partial charge < -0.3 is 5.32 Å². The van der Waals surface area contributed by atoms with Gasteiger partial charge in [-0.1, -0.05) is 6.07 Å². The molecule has 4 nitrogen and oxygen atoms in total. The van der Waals surface area contributed by atoms with E-state index in [4.69, 9.17) is 9.98 Å². The number of nitrogens with one attached hydrogen (secondary N) is 1. The third-order valence-corrected chi connectivity index (χ3v) is 5.55. The van der Waals surface area contributed by atoms with Crippen LogP contribution in [-0.2, 0) is 0 Å². The van der Waals surface area contributed by atoms with Crippen molar-refractivity contribution in [2.45, 2.75) is 26.7 Å². The number of aromatic nitrogens is 1. The summed E-state index contributed by atoms with van der Waals surface area (Å²) in [6.45, 7) is 5.96. The molecule has 4 heterocycles. The van der Waals surface area contributed by atoms with Crippen molar-refractivity contribution in [3.05, 3.63) is 58.2 Å². The number of dihydropyridines is 1. The molecule has 0 fully saturated rings. The Morgan fingerprint density at radius 1 is 1.21 bits per heavy atom.